The van der Waals surface area contributed by atoms with E-state index in [1.54, 1.807) is 33.9 Å². The Labute approximate surface area is 119 Å². The summed E-state index contributed by atoms with van der Waals surface area (Å²) in [5.41, 5.74) is 1.76. The fraction of sp³-hybridized carbons (Fsp3) is 0.133. The van der Waals surface area contributed by atoms with Crippen molar-refractivity contribution in [1.29, 1.82) is 0 Å². The highest BCUT2D eigenvalue weighted by atomic mass is 16.4. The first-order valence-corrected chi connectivity index (χ1v) is 6.57. The van der Waals surface area contributed by atoms with E-state index in [0.29, 0.717) is 23.4 Å². The molecule has 4 rings (SSSR count). The number of carbonyl (C=O) groups is 2. The number of aromatic nitrogens is 2. The van der Waals surface area contributed by atoms with E-state index in [1.807, 2.05) is 12.1 Å². The number of carbonyl (C=O) groups excluding carboxylic acids is 1. The molecule has 2 aromatic rings. The number of amides is 1. The van der Waals surface area contributed by atoms with Crippen LogP contribution < -0.4 is 0 Å². The first-order chi connectivity index (χ1) is 10.2. The fourth-order valence-corrected chi connectivity index (χ4v) is 3.01. The summed E-state index contributed by atoms with van der Waals surface area (Å²) < 4.78 is 1.72. The van der Waals surface area contributed by atoms with Crippen LogP contribution in [0.2, 0.25) is 0 Å². The van der Waals surface area contributed by atoms with Crippen LogP contribution in [0, 0.1) is 0 Å². The van der Waals surface area contributed by atoms with Crippen molar-refractivity contribution in [3.63, 3.8) is 0 Å². The molecule has 0 spiro atoms. The van der Waals surface area contributed by atoms with Crippen molar-refractivity contribution in [2.24, 2.45) is 0 Å². The number of hydrogen-bond acceptors (Lipinski definition) is 3. The van der Waals surface area contributed by atoms with Gasteiger partial charge in [-0.05, 0) is 18.6 Å². The second-order valence-corrected chi connectivity index (χ2v) is 5.02. The van der Waals surface area contributed by atoms with Crippen LogP contribution in [0.5, 0.6) is 0 Å². The van der Waals surface area contributed by atoms with E-state index < -0.39 is 5.97 Å². The largest absolute Gasteiger partial charge is 0.476 e. The minimum Gasteiger partial charge on any atom is -0.476 e. The predicted octanol–water partition coefficient (Wildman–Crippen LogP) is 1.98. The summed E-state index contributed by atoms with van der Waals surface area (Å²) in [6.07, 6.45) is 5.66. The van der Waals surface area contributed by atoms with Gasteiger partial charge in [0.1, 0.15) is 6.33 Å². The lowest BCUT2D eigenvalue weighted by Gasteiger charge is -2.21. The van der Waals surface area contributed by atoms with Crippen LogP contribution in [0.3, 0.4) is 0 Å². The van der Waals surface area contributed by atoms with E-state index in [2.05, 4.69) is 4.98 Å². The molecule has 6 nitrogen and oxygen atoms in total. The van der Waals surface area contributed by atoms with Crippen LogP contribution in [-0.4, -0.2) is 31.4 Å². The van der Waals surface area contributed by atoms with E-state index in [9.17, 15) is 14.7 Å². The molecule has 6 heteroatoms. The van der Waals surface area contributed by atoms with Crippen LogP contribution in [0.15, 0.2) is 42.9 Å². The number of carboxylic acids is 1. The van der Waals surface area contributed by atoms with Gasteiger partial charge in [-0.3, -0.25) is 9.36 Å². The standard InChI is InChI=1S/C15H11N3O3/c19-14-9-4-1-2-5-10(9)18-8-16-12(15(20)21)13(18)11-6-3-7-17(11)14/h1-5,7-8,11H,6H2,(H,20,21)/t11-/m1/s1. The molecule has 1 amide bonds. The highest BCUT2D eigenvalue weighted by Gasteiger charge is 2.37. The Morgan fingerprint density at radius 1 is 1.33 bits per heavy atom. The highest BCUT2D eigenvalue weighted by molar-refractivity contribution is 6.00. The third-order valence-corrected chi connectivity index (χ3v) is 3.91. The summed E-state index contributed by atoms with van der Waals surface area (Å²) in [4.78, 5) is 29.7. The van der Waals surface area contributed by atoms with Crippen molar-refractivity contribution in [2.75, 3.05) is 0 Å². The first-order valence-electron chi connectivity index (χ1n) is 6.57. The average molecular weight is 281 g/mol. The molecule has 0 radical (unpaired) electrons. The second kappa shape index (κ2) is 4.05. The molecule has 0 unspecified atom stereocenters. The van der Waals surface area contributed by atoms with Crippen molar-refractivity contribution in [3.05, 3.63) is 59.8 Å². The summed E-state index contributed by atoms with van der Waals surface area (Å²) in [6, 6.07) is 6.85. The van der Waals surface area contributed by atoms with Gasteiger partial charge in [-0.25, -0.2) is 9.78 Å². The van der Waals surface area contributed by atoms with Gasteiger partial charge in [-0.15, -0.1) is 0 Å². The first kappa shape index (κ1) is 11.9. The van der Waals surface area contributed by atoms with E-state index in [1.165, 1.54) is 6.33 Å². The molecule has 0 fully saturated rings. The minimum absolute atomic E-state index is 0.00166. The Morgan fingerprint density at radius 3 is 2.95 bits per heavy atom. The molecule has 2 aliphatic heterocycles. The maximum Gasteiger partial charge on any atom is 0.356 e. The molecule has 0 bridgehead atoms. The van der Waals surface area contributed by atoms with Crippen molar-refractivity contribution >= 4 is 11.9 Å². The Kier molecular flexibility index (Phi) is 2.29. The quantitative estimate of drug-likeness (QED) is 0.867. The lowest BCUT2D eigenvalue weighted by Crippen LogP contribution is -2.27. The van der Waals surface area contributed by atoms with E-state index in [0.717, 1.165) is 0 Å². The van der Waals surface area contributed by atoms with Gasteiger partial charge < -0.3 is 10.0 Å². The maximum atomic E-state index is 12.7. The number of aromatic carboxylic acids is 1. The molecule has 0 saturated heterocycles. The molecule has 104 valence electrons. The van der Waals surface area contributed by atoms with Gasteiger partial charge >= 0.3 is 5.97 Å². The summed E-state index contributed by atoms with van der Waals surface area (Å²) in [6.45, 7) is 0. The minimum atomic E-state index is -1.08. The number of benzene rings is 1. The van der Waals surface area contributed by atoms with E-state index in [4.69, 9.17) is 0 Å². The Hall–Kier alpha value is -2.89. The van der Waals surface area contributed by atoms with Gasteiger partial charge in [0.15, 0.2) is 5.69 Å². The van der Waals surface area contributed by atoms with Crippen LogP contribution in [0.1, 0.15) is 39.0 Å². The summed E-state index contributed by atoms with van der Waals surface area (Å²) in [7, 11) is 0. The molecule has 1 aromatic heterocycles. The molecule has 1 N–H and O–H groups in total. The molecular formula is C15H11N3O3. The Bertz CT molecular complexity index is 806. The van der Waals surface area contributed by atoms with Crippen molar-refractivity contribution < 1.29 is 14.7 Å². The molecule has 0 aliphatic carbocycles. The van der Waals surface area contributed by atoms with Crippen LogP contribution in [-0.2, 0) is 0 Å². The van der Waals surface area contributed by atoms with Gasteiger partial charge in [0, 0.05) is 6.20 Å². The molecule has 1 atom stereocenters. The third-order valence-electron chi connectivity index (χ3n) is 3.91. The molecule has 2 aliphatic rings. The number of rotatable bonds is 1. The Morgan fingerprint density at radius 2 is 2.14 bits per heavy atom. The average Bonchev–Trinajstić information content (AvgIpc) is 3.10. The topological polar surface area (TPSA) is 75.4 Å². The van der Waals surface area contributed by atoms with Gasteiger partial charge in [-0.1, -0.05) is 18.2 Å². The second-order valence-electron chi connectivity index (χ2n) is 5.02. The van der Waals surface area contributed by atoms with Crippen molar-refractivity contribution in [1.82, 2.24) is 14.5 Å². The molecule has 3 heterocycles. The van der Waals surface area contributed by atoms with Crippen molar-refractivity contribution in [3.8, 4) is 5.69 Å². The van der Waals surface area contributed by atoms with E-state index >= 15 is 0 Å². The number of imidazole rings is 1. The lowest BCUT2D eigenvalue weighted by molar-refractivity contribution is 0.0680. The molecule has 1 aromatic carbocycles. The van der Waals surface area contributed by atoms with Gasteiger partial charge in [0.25, 0.3) is 5.91 Å². The number of carboxylic acid groups (broad SMARTS) is 1. The third kappa shape index (κ3) is 1.50. The zero-order chi connectivity index (χ0) is 14.6. The van der Waals surface area contributed by atoms with Gasteiger partial charge in [0.2, 0.25) is 0 Å². The van der Waals surface area contributed by atoms with Gasteiger partial charge in [0.05, 0.1) is 23.0 Å². The van der Waals surface area contributed by atoms with Crippen LogP contribution in [0.4, 0.5) is 0 Å². The van der Waals surface area contributed by atoms with Gasteiger partial charge in [-0.2, -0.15) is 0 Å². The fourth-order valence-electron chi connectivity index (χ4n) is 3.01. The summed E-state index contributed by atoms with van der Waals surface area (Å²) in [5, 5.41) is 9.36. The smallest absolute Gasteiger partial charge is 0.356 e. The number of nitrogens with zero attached hydrogens (tertiary/aromatic N) is 3. The molecule has 0 saturated carbocycles. The van der Waals surface area contributed by atoms with E-state index in [-0.39, 0.29) is 17.6 Å². The number of para-hydroxylation sites is 1. The molecule has 21 heavy (non-hydrogen) atoms. The van der Waals surface area contributed by atoms with Crippen LogP contribution in [0.25, 0.3) is 5.69 Å². The number of fused-ring (bicyclic) bond motifs is 5. The Balaban J connectivity index is 2.07. The van der Waals surface area contributed by atoms with Crippen molar-refractivity contribution in [2.45, 2.75) is 12.5 Å². The van der Waals surface area contributed by atoms with Crippen LogP contribution >= 0.6 is 0 Å². The monoisotopic (exact) mass is 281 g/mol. The lowest BCUT2D eigenvalue weighted by atomic mass is 10.1. The summed E-state index contributed by atoms with van der Waals surface area (Å²) >= 11 is 0. The normalized spacial score (nSPS) is 19.0. The molecular weight excluding hydrogens is 270 g/mol. The maximum absolute atomic E-state index is 12.7. The zero-order valence-electron chi connectivity index (χ0n) is 10.9. The number of hydrogen-bond donors (Lipinski definition) is 1. The SMILES string of the molecule is O=C(O)c1ncn2c1[C@H]1CC=CN1C(=O)c1ccccc1-2. The predicted molar refractivity (Wildman–Crippen MR) is 73.2 cm³/mol. The summed E-state index contributed by atoms with van der Waals surface area (Å²) in [5.74, 6) is -1.20. The zero-order valence-corrected chi connectivity index (χ0v) is 10.9. The highest BCUT2D eigenvalue weighted by Crippen LogP contribution is 2.38.